The van der Waals surface area contributed by atoms with Gasteiger partial charge < -0.3 is 15.7 Å². The normalized spacial score (nSPS) is 11.3. The maximum Gasteiger partial charge on any atom is 0.305 e. The number of amides is 2. The summed E-state index contributed by atoms with van der Waals surface area (Å²) < 4.78 is 12.0. The van der Waals surface area contributed by atoms with Crippen LogP contribution < -0.4 is 10.6 Å². The Kier molecular flexibility index (Phi) is 6.41. The van der Waals surface area contributed by atoms with Crippen LogP contribution in [0.1, 0.15) is 6.42 Å². The highest BCUT2D eigenvalue weighted by molar-refractivity contribution is 5.93. The topological polar surface area (TPSA) is 113 Å². The maximum absolute atomic E-state index is 12.0. The summed E-state index contributed by atoms with van der Waals surface area (Å²) >= 11 is 0. The van der Waals surface area contributed by atoms with Crippen molar-refractivity contribution < 1.29 is 28.7 Å². The molecule has 2 amide bonds. The van der Waals surface area contributed by atoms with E-state index in [1.54, 1.807) is 0 Å². The van der Waals surface area contributed by atoms with Gasteiger partial charge in [0.2, 0.25) is 12.3 Å². The Labute approximate surface area is 90.0 Å². The molecular formula is C8H11FN2O5. The second-order valence-corrected chi connectivity index (χ2v) is 2.82. The van der Waals surface area contributed by atoms with Crippen molar-refractivity contribution in [2.75, 3.05) is 13.2 Å². The fourth-order valence-electron chi connectivity index (χ4n) is 0.893. The second-order valence-electron chi connectivity index (χ2n) is 2.82. The number of carbonyl (C=O) groups is 4. The summed E-state index contributed by atoms with van der Waals surface area (Å²) in [6, 6.07) is -1.41. The smallest absolute Gasteiger partial charge is 0.305 e. The zero-order chi connectivity index (χ0) is 12.6. The first kappa shape index (κ1) is 14.0. The molecule has 0 fully saturated rings. The molecule has 1 atom stereocenters. The van der Waals surface area contributed by atoms with Crippen molar-refractivity contribution in [3.8, 4) is 0 Å². The van der Waals surface area contributed by atoms with E-state index in [0.29, 0.717) is 0 Å². The predicted octanol–water partition coefficient (Wildman–Crippen LogP) is -1.77. The van der Waals surface area contributed by atoms with Gasteiger partial charge in [0.15, 0.2) is 5.78 Å². The molecular weight excluding hydrogens is 223 g/mol. The lowest BCUT2D eigenvalue weighted by atomic mass is 10.1. The average Bonchev–Trinajstić information content (AvgIpc) is 2.23. The molecule has 0 heterocycles. The van der Waals surface area contributed by atoms with E-state index >= 15 is 0 Å². The molecule has 90 valence electrons. The first-order chi connectivity index (χ1) is 7.51. The van der Waals surface area contributed by atoms with E-state index in [2.05, 4.69) is 0 Å². The molecule has 0 saturated carbocycles. The standard InChI is InChI=1S/C8H11FN2O5/c9-2-6(13)5(1-8(15)16)11-7(14)3-10-4-12/h4-5H,1-3H2,(H,10,12)(H,11,14)(H,15,16). The number of halogens is 1. The molecule has 0 rings (SSSR count). The van der Waals surface area contributed by atoms with Crippen molar-refractivity contribution in [2.24, 2.45) is 0 Å². The van der Waals surface area contributed by atoms with E-state index in [9.17, 15) is 23.6 Å². The summed E-state index contributed by atoms with van der Waals surface area (Å²) in [4.78, 5) is 42.1. The Morgan fingerprint density at radius 1 is 1.38 bits per heavy atom. The van der Waals surface area contributed by atoms with Crippen LogP contribution in [0.5, 0.6) is 0 Å². The highest BCUT2D eigenvalue weighted by Gasteiger charge is 2.22. The summed E-state index contributed by atoms with van der Waals surface area (Å²) in [5, 5.41) is 12.4. The van der Waals surface area contributed by atoms with Crippen LogP contribution in [0.2, 0.25) is 0 Å². The van der Waals surface area contributed by atoms with E-state index in [1.807, 2.05) is 10.6 Å². The van der Waals surface area contributed by atoms with Gasteiger partial charge in [0.05, 0.1) is 13.0 Å². The van der Waals surface area contributed by atoms with Crippen LogP contribution in [0.15, 0.2) is 0 Å². The lowest BCUT2D eigenvalue weighted by Crippen LogP contribution is -2.46. The fraction of sp³-hybridized carbons (Fsp3) is 0.500. The fourth-order valence-corrected chi connectivity index (χ4v) is 0.893. The summed E-state index contributed by atoms with van der Waals surface area (Å²) in [6.45, 7) is -1.77. The number of hydrogen-bond donors (Lipinski definition) is 3. The first-order valence-electron chi connectivity index (χ1n) is 4.28. The number of rotatable bonds is 8. The molecule has 0 saturated heterocycles. The minimum Gasteiger partial charge on any atom is -0.481 e. The summed E-state index contributed by atoms with van der Waals surface area (Å²) in [7, 11) is 0. The third kappa shape index (κ3) is 5.68. The third-order valence-electron chi connectivity index (χ3n) is 1.58. The van der Waals surface area contributed by atoms with E-state index in [4.69, 9.17) is 5.11 Å². The molecule has 0 aliphatic heterocycles. The van der Waals surface area contributed by atoms with Crippen LogP contribution in [0.25, 0.3) is 0 Å². The Morgan fingerprint density at radius 2 is 2.00 bits per heavy atom. The van der Waals surface area contributed by atoms with Crippen molar-refractivity contribution in [1.82, 2.24) is 10.6 Å². The van der Waals surface area contributed by atoms with Gasteiger partial charge >= 0.3 is 5.97 Å². The van der Waals surface area contributed by atoms with Gasteiger partial charge in [0.25, 0.3) is 0 Å². The quantitative estimate of drug-likeness (QED) is 0.430. The van der Waals surface area contributed by atoms with Crippen molar-refractivity contribution in [2.45, 2.75) is 12.5 Å². The average molecular weight is 234 g/mol. The Balaban J connectivity index is 4.30. The van der Waals surface area contributed by atoms with E-state index in [-0.39, 0.29) is 6.41 Å². The number of ketones is 1. The lowest BCUT2D eigenvalue weighted by molar-refractivity contribution is -0.140. The molecule has 0 aromatic heterocycles. The first-order valence-corrected chi connectivity index (χ1v) is 4.28. The summed E-state index contributed by atoms with van der Waals surface area (Å²) in [5.74, 6) is -3.13. The molecule has 8 heteroatoms. The number of carboxylic acids is 1. The molecule has 0 radical (unpaired) electrons. The second kappa shape index (κ2) is 7.32. The Hall–Kier alpha value is -1.99. The highest BCUT2D eigenvalue weighted by Crippen LogP contribution is 1.95. The number of hydrogen-bond acceptors (Lipinski definition) is 4. The maximum atomic E-state index is 12.0. The molecule has 0 aliphatic carbocycles. The minimum absolute atomic E-state index is 0.267. The van der Waals surface area contributed by atoms with Gasteiger partial charge in [0, 0.05) is 0 Å². The van der Waals surface area contributed by atoms with Crippen molar-refractivity contribution >= 4 is 24.1 Å². The monoisotopic (exact) mass is 234 g/mol. The molecule has 16 heavy (non-hydrogen) atoms. The van der Waals surface area contributed by atoms with E-state index in [0.717, 1.165) is 0 Å². The van der Waals surface area contributed by atoms with Gasteiger partial charge in [0.1, 0.15) is 12.7 Å². The molecule has 0 aliphatic rings. The largest absolute Gasteiger partial charge is 0.481 e. The van der Waals surface area contributed by atoms with E-state index in [1.165, 1.54) is 0 Å². The number of alkyl halides is 1. The Bertz CT molecular complexity index is 294. The van der Waals surface area contributed by atoms with Gasteiger partial charge in [-0.1, -0.05) is 0 Å². The predicted molar refractivity (Wildman–Crippen MR) is 49.2 cm³/mol. The lowest BCUT2D eigenvalue weighted by Gasteiger charge is -2.13. The molecule has 0 aromatic carbocycles. The minimum atomic E-state index is -1.41. The molecule has 0 bridgehead atoms. The molecule has 7 nitrogen and oxygen atoms in total. The SMILES string of the molecule is O=CNCC(=O)NC(CC(=O)O)C(=O)CF. The number of carboxylic acid groups (broad SMARTS) is 1. The number of carbonyl (C=O) groups excluding carboxylic acids is 3. The number of Topliss-reactive ketones (excluding diaryl/α,β-unsaturated/α-hetero) is 1. The van der Waals surface area contributed by atoms with Gasteiger partial charge in [-0.25, -0.2) is 4.39 Å². The molecule has 0 aromatic rings. The van der Waals surface area contributed by atoms with Gasteiger partial charge in [-0.05, 0) is 0 Å². The van der Waals surface area contributed by atoms with Crippen LogP contribution in [-0.2, 0) is 19.2 Å². The number of nitrogens with one attached hydrogen (secondary N) is 2. The summed E-state index contributed by atoms with van der Waals surface area (Å²) in [5.41, 5.74) is 0. The van der Waals surface area contributed by atoms with Crippen LogP contribution in [0.3, 0.4) is 0 Å². The van der Waals surface area contributed by atoms with Gasteiger partial charge in [-0.15, -0.1) is 0 Å². The highest BCUT2D eigenvalue weighted by atomic mass is 19.1. The molecule has 0 spiro atoms. The zero-order valence-corrected chi connectivity index (χ0v) is 8.23. The third-order valence-corrected chi connectivity index (χ3v) is 1.58. The number of aliphatic carboxylic acids is 1. The van der Waals surface area contributed by atoms with Gasteiger partial charge in [-0.2, -0.15) is 0 Å². The van der Waals surface area contributed by atoms with Crippen molar-refractivity contribution in [1.29, 1.82) is 0 Å². The molecule has 1 unspecified atom stereocenters. The van der Waals surface area contributed by atoms with Crippen LogP contribution in [0.4, 0.5) is 4.39 Å². The van der Waals surface area contributed by atoms with Crippen molar-refractivity contribution in [3.63, 3.8) is 0 Å². The van der Waals surface area contributed by atoms with Crippen LogP contribution in [0, 0.1) is 0 Å². The zero-order valence-electron chi connectivity index (χ0n) is 8.23. The van der Waals surface area contributed by atoms with Crippen LogP contribution in [-0.4, -0.2) is 48.4 Å². The van der Waals surface area contributed by atoms with Crippen LogP contribution >= 0.6 is 0 Å². The molecule has 3 N–H and O–H groups in total. The Morgan fingerprint density at radius 3 is 2.44 bits per heavy atom. The van der Waals surface area contributed by atoms with E-state index < -0.39 is 43.3 Å². The van der Waals surface area contributed by atoms with Crippen molar-refractivity contribution in [3.05, 3.63) is 0 Å². The summed E-state index contributed by atoms with van der Waals surface area (Å²) in [6.07, 6.45) is -0.432. The van der Waals surface area contributed by atoms with Gasteiger partial charge in [-0.3, -0.25) is 19.2 Å².